The van der Waals surface area contributed by atoms with Gasteiger partial charge in [0, 0.05) is 16.2 Å². The van der Waals surface area contributed by atoms with Gasteiger partial charge in [0.05, 0.1) is 11.4 Å². The summed E-state index contributed by atoms with van der Waals surface area (Å²) >= 11 is 0.605. The molecular formula is C17H17F3N2O2S. The summed E-state index contributed by atoms with van der Waals surface area (Å²) < 4.78 is 37.3. The van der Waals surface area contributed by atoms with Gasteiger partial charge in [-0.1, -0.05) is 12.1 Å². The van der Waals surface area contributed by atoms with E-state index in [0.29, 0.717) is 33.5 Å². The van der Waals surface area contributed by atoms with E-state index in [0.717, 1.165) is 0 Å². The van der Waals surface area contributed by atoms with Gasteiger partial charge in [0.15, 0.2) is 5.78 Å². The molecule has 1 aromatic carbocycles. The van der Waals surface area contributed by atoms with Gasteiger partial charge >= 0.3 is 6.18 Å². The first-order chi connectivity index (χ1) is 11.6. The van der Waals surface area contributed by atoms with Gasteiger partial charge in [0.25, 0.3) is 5.91 Å². The van der Waals surface area contributed by atoms with Gasteiger partial charge in [0.1, 0.15) is 5.69 Å². The molecule has 0 atom stereocenters. The van der Waals surface area contributed by atoms with Crippen LogP contribution in [0.15, 0.2) is 29.2 Å². The van der Waals surface area contributed by atoms with Crippen molar-refractivity contribution in [3.05, 3.63) is 46.8 Å². The van der Waals surface area contributed by atoms with Gasteiger partial charge in [0.2, 0.25) is 0 Å². The molecule has 134 valence electrons. The number of rotatable bonds is 5. The lowest BCUT2D eigenvalue weighted by Crippen LogP contribution is -2.15. The molecule has 4 nitrogen and oxygen atoms in total. The molecule has 0 saturated heterocycles. The van der Waals surface area contributed by atoms with Crippen molar-refractivity contribution in [2.45, 2.75) is 31.8 Å². The van der Waals surface area contributed by atoms with Crippen molar-refractivity contribution < 1.29 is 22.8 Å². The zero-order valence-corrected chi connectivity index (χ0v) is 14.7. The number of Topliss-reactive ketones (excluding diaryl/α,β-unsaturated/α-hetero) is 1. The van der Waals surface area contributed by atoms with Crippen LogP contribution in [0.1, 0.15) is 39.0 Å². The highest BCUT2D eigenvalue weighted by molar-refractivity contribution is 7.99. The fourth-order valence-electron chi connectivity index (χ4n) is 2.55. The molecule has 0 bridgehead atoms. The average Bonchev–Trinajstić information content (AvgIpc) is 2.80. The Labute approximate surface area is 147 Å². The van der Waals surface area contributed by atoms with E-state index in [9.17, 15) is 22.8 Å². The molecule has 0 fully saturated rings. The molecule has 1 heterocycles. The number of nitrogens with one attached hydrogen (secondary N) is 2. The van der Waals surface area contributed by atoms with Crippen molar-refractivity contribution in [3.63, 3.8) is 0 Å². The molecule has 2 N–H and O–H groups in total. The number of thioether (sulfide) groups is 1. The van der Waals surface area contributed by atoms with Crippen molar-refractivity contribution in [2.75, 3.05) is 11.1 Å². The maximum absolute atomic E-state index is 12.5. The van der Waals surface area contributed by atoms with Gasteiger partial charge in [-0.2, -0.15) is 13.2 Å². The first-order valence-electron chi connectivity index (χ1n) is 7.40. The van der Waals surface area contributed by atoms with Gasteiger partial charge in [-0.3, -0.25) is 9.59 Å². The molecule has 2 rings (SSSR count). The second kappa shape index (κ2) is 7.35. The van der Waals surface area contributed by atoms with E-state index in [-0.39, 0.29) is 17.2 Å². The van der Waals surface area contributed by atoms with Crippen molar-refractivity contribution in [1.29, 1.82) is 0 Å². The summed E-state index contributed by atoms with van der Waals surface area (Å²) in [6, 6.07) is 6.28. The van der Waals surface area contributed by atoms with Crippen molar-refractivity contribution in [1.82, 2.24) is 4.98 Å². The fourth-order valence-corrected chi connectivity index (χ4v) is 3.31. The second-order valence-electron chi connectivity index (χ2n) is 5.54. The molecule has 0 unspecified atom stereocenters. The Morgan fingerprint density at radius 1 is 1.20 bits per heavy atom. The predicted molar refractivity (Wildman–Crippen MR) is 91.4 cm³/mol. The Morgan fingerprint density at radius 3 is 2.40 bits per heavy atom. The molecule has 1 aromatic heterocycles. The van der Waals surface area contributed by atoms with E-state index in [1.807, 2.05) is 0 Å². The number of hydrogen-bond acceptors (Lipinski definition) is 3. The standard InChI is InChI=1S/C17H17F3N2O2S/c1-9-14(11(3)23)10(2)21-15(9)16(24)22-12-6-4-5-7-13(12)25-8-17(18,19)20/h4-7,21H,8H2,1-3H3,(H,22,24). The predicted octanol–water partition coefficient (Wildman–Crippen LogP) is 4.74. The van der Waals surface area contributed by atoms with Crippen LogP contribution in [0.3, 0.4) is 0 Å². The van der Waals surface area contributed by atoms with Crippen LogP contribution in [-0.2, 0) is 0 Å². The summed E-state index contributed by atoms with van der Waals surface area (Å²) in [6.45, 7) is 4.75. The van der Waals surface area contributed by atoms with Crippen molar-refractivity contribution >= 4 is 29.1 Å². The highest BCUT2D eigenvalue weighted by Crippen LogP contribution is 2.32. The number of ketones is 1. The van der Waals surface area contributed by atoms with Crippen LogP contribution in [0, 0.1) is 13.8 Å². The zero-order chi connectivity index (χ0) is 18.8. The number of carbonyl (C=O) groups is 2. The van der Waals surface area contributed by atoms with Gasteiger partial charge in [-0.25, -0.2) is 0 Å². The van der Waals surface area contributed by atoms with E-state index in [1.165, 1.54) is 19.1 Å². The Hall–Kier alpha value is -2.22. The minimum Gasteiger partial charge on any atom is -0.354 e. The Balaban J connectivity index is 2.25. The lowest BCUT2D eigenvalue weighted by molar-refractivity contribution is -0.105. The topological polar surface area (TPSA) is 62.0 Å². The molecule has 0 aliphatic carbocycles. The van der Waals surface area contributed by atoms with Crippen LogP contribution in [0.2, 0.25) is 0 Å². The van der Waals surface area contributed by atoms with E-state index < -0.39 is 17.8 Å². The number of hydrogen-bond donors (Lipinski definition) is 2. The highest BCUT2D eigenvalue weighted by atomic mass is 32.2. The number of alkyl halides is 3. The number of aryl methyl sites for hydroxylation is 1. The molecule has 0 saturated carbocycles. The number of H-pyrrole nitrogens is 1. The summed E-state index contributed by atoms with van der Waals surface area (Å²) in [7, 11) is 0. The molecule has 0 spiro atoms. The van der Waals surface area contributed by atoms with E-state index in [2.05, 4.69) is 10.3 Å². The van der Waals surface area contributed by atoms with E-state index in [4.69, 9.17) is 0 Å². The Morgan fingerprint density at radius 2 is 1.84 bits per heavy atom. The normalized spacial score (nSPS) is 11.4. The largest absolute Gasteiger partial charge is 0.398 e. The number of amides is 1. The molecule has 0 radical (unpaired) electrons. The number of halogens is 3. The SMILES string of the molecule is CC(=O)c1c(C)[nH]c(C(=O)Nc2ccccc2SCC(F)(F)F)c1C. The molecular weight excluding hydrogens is 353 g/mol. The zero-order valence-electron chi connectivity index (χ0n) is 13.9. The molecule has 0 aliphatic heterocycles. The van der Waals surface area contributed by atoms with E-state index >= 15 is 0 Å². The number of anilines is 1. The lowest BCUT2D eigenvalue weighted by atomic mass is 10.1. The number of aromatic amines is 1. The maximum atomic E-state index is 12.5. The molecule has 25 heavy (non-hydrogen) atoms. The number of para-hydroxylation sites is 1. The quantitative estimate of drug-likeness (QED) is 0.590. The smallest absolute Gasteiger partial charge is 0.354 e. The summed E-state index contributed by atoms with van der Waals surface area (Å²) in [4.78, 5) is 27.3. The van der Waals surface area contributed by atoms with Crippen molar-refractivity contribution in [3.8, 4) is 0 Å². The van der Waals surface area contributed by atoms with Crippen LogP contribution >= 0.6 is 11.8 Å². The minimum atomic E-state index is -4.30. The summed E-state index contributed by atoms with van der Waals surface area (Å²) in [5, 5.41) is 2.61. The molecule has 8 heteroatoms. The van der Waals surface area contributed by atoms with Crippen LogP contribution in [0.5, 0.6) is 0 Å². The monoisotopic (exact) mass is 370 g/mol. The first-order valence-corrected chi connectivity index (χ1v) is 8.38. The van der Waals surface area contributed by atoms with E-state index in [1.54, 1.807) is 26.0 Å². The fraction of sp³-hybridized carbons (Fsp3) is 0.294. The van der Waals surface area contributed by atoms with Gasteiger partial charge in [-0.05, 0) is 38.5 Å². The number of benzene rings is 1. The maximum Gasteiger partial charge on any atom is 0.398 e. The summed E-state index contributed by atoms with van der Waals surface area (Å²) in [5.41, 5.74) is 2.05. The third-order valence-corrected chi connectivity index (χ3v) is 4.68. The van der Waals surface area contributed by atoms with Crippen LogP contribution < -0.4 is 5.32 Å². The van der Waals surface area contributed by atoms with Crippen LogP contribution in [-0.4, -0.2) is 28.6 Å². The Kier molecular flexibility index (Phi) is 5.62. The Bertz CT molecular complexity index is 813. The average molecular weight is 370 g/mol. The summed E-state index contributed by atoms with van der Waals surface area (Å²) in [5.74, 6) is -1.71. The molecule has 1 amide bonds. The van der Waals surface area contributed by atoms with Gasteiger partial charge < -0.3 is 10.3 Å². The molecule has 0 aliphatic rings. The third kappa shape index (κ3) is 4.66. The minimum absolute atomic E-state index is 0.161. The third-order valence-electron chi connectivity index (χ3n) is 3.54. The summed E-state index contributed by atoms with van der Waals surface area (Å²) in [6.07, 6.45) is -4.30. The second-order valence-corrected chi connectivity index (χ2v) is 6.55. The van der Waals surface area contributed by atoms with Crippen molar-refractivity contribution in [2.24, 2.45) is 0 Å². The highest BCUT2D eigenvalue weighted by Gasteiger charge is 2.28. The lowest BCUT2D eigenvalue weighted by Gasteiger charge is -2.12. The van der Waals surface area contributed by atoms with Crippen LogP contribution in [0.4, 0.5) is 18.9 Å². The van der Waals surface area contributed by atoms with Gasteiger partial charge in [-0.15, -0.1) is 11.8 Å². The molecule has 2 aromatic rings. The number of aromatic nitrogens is 1. The number of carbonyl (C=O) groups excluding carboxylic acids is 2. The first kappa shape index (κ1) is 19.1. The van der Waals surface area contributed by atoms with Crippen LogP contribution in [0.25, 0.3) is 0 Å².